The monoisotopic (exact) mass is 850 g/mol. The number of Topliss-reactive ketones (excluding diaryl/α,β-unsaturated/α-hetero) is 1. The molecular formula is C45H62N4O12. The number of hydrogen-bond acceptors (Lipinski definition) is 15. The molecule has 1 saturated heterocycles. The number of benzene rings is 2. The number of allylic oxidation sites excluding steroid dienone is 2. The number of nitrogens with zero attached hydrogens (tertiary/aromatic N) is 3. The van der Waals surface area contributed by atoms with Gasteiger partial charge in [0.2, 0.25) is 0 Å². The number of hydrazone groups is 1. The lowest BCUT2D eigenvalue weighted by molar-refractivity contribution is -0.160. The number of nitrogens with one attached hydrogen (secondary N) is 1. The summed E-state index contributed by atoms with van der Waals surface area (Å²) < 4.78 is 23.7. The molecule has 0 saturated carbocycles. The average Bonchev–Trinajstić information content (AvgIpc) is 3.48. The molecule has 4 aliphatic rings. The fourth-order valence-corrected chi connectivity index (χ4v) is 8.47. The number of aliphatic hydroxyl groups excluding tert-OH is 2. The number of aromatic hydroxyl groups is 3. The first-order chi connectivity index (χ1) is 28.6. The van der Waals surface area contributed by atoms with Crippen LogP contribution in [0.2, 0.25) is 0 Å². The number of phenolic OH excluding ortho intramolecular Hbond substituents is 3. The first-order valence-corrected chi connectivity index (χ1v) is 20.7. The van der Waals surface area contributed by atoms with Gasteiger partial charge in [-0.2, -0.15) is 5.10 Å². The molecule has 1 amide bonds. The van der Waals surface area contributed by atoms with Gasteiger partial charge in [-0.05, 0) is 46.9 Å². The number of fused-ring (bicyclic) bond motifs is 14. The molecule has 1 fully saturated rings. The van der Waals surface area contributed by atoms with Gasteiger partial charge in [0.25, 0.3) is 11.7 Å². The van der Waals surface area contributed by atoms with Gasteiger partial charge in [0.15, 0.2) is 5.75 Å². The van der Waals surface area contributed by atoms with E-state index in [1.807, 2.05) is 19.1 Å². The Morgan fingerprint density at radius 3 is 2.33 bits per heavy atom. The van der Waals surface area contributed by atoms with Gasteiger partial charge in [-0.3, -0.25) is 19.4 Å². The van der Waals surface area contributed by atoms with Crippen LogP contribution in [0.3, 0.4) is 0 Å². The summed E-state index contributed by atoms with van der Waals surface area (Å²) in [5.41, 5.74) is -0.343. The standard InChI is InChI=1S/C45H62N4O12/c1-22-14-12-15-23(2)44(57)47-35-30(20-46-49-18-13-16-29(21-49)48(9)10)39(54)32-33(40(35)55)38(53)27(6)42-34(32)43(56)45(8,61-42)59-19-17-31(58-11)24(3)41(60-28(7)50)26(5)37(52)25(4)36(22)51/h12,14-15,17,19-20,22,24-26,29,31,36-37,41,51-55H,13,16,18,21H2,1-11H3,(H,47,57)/b14-12+,19-17+,23-15-,46-20+/t22-,24-,25-,26-,29?,31+,36+,37+,41-,45+/m1/s1. The number of likely N-dealkylation sites (N-methyl/N-ethyl adjacent to an activating group) is 1. The van der Waals surface area contributed by atoms with Crippen molar-refractivity contribution in [3.63, 3.8) is 0 Å². The third kappa shape index (κ3) is 9.37. The number of rotatable bonds is 5. The third-order valence-corrected chi connectivity index (χ3v) is 12.5. The lowest BCUT2D eigenvalue weighted by atomic mass is 9.78. The molecule has 6 N–H and O–H groups in total. The molecule has 0 spiro atoms. The van der Waals surface area contributed by atoms with Gasteiger partial charge >= 0.3 is 11.8 Å². The van der Waals surface area contributed by atoms with Crippen LogP contribution in [-0.4, -0.2) is 130 Å². The first-order valence-electron chi connectivity index (χ1n) is 20.7. The van der Waals surface area contributed by atoms with Crippen LogP contribution in [0, 0.1) is 30.6 Å². The molecule has 16 heteroatoms. The predicted octanol–water partition coefficient (Wildman–Crippen LogP) is 5.11. The molecule has 0 aromatic heterocycles. The topological polar surface area (TPSA) is 220 Å². The predicted molar refractivity (Wildman–Crippen MR) is 230 cm³/mol. The van der Waals surface area contributed by atoms with Crippen molar-refractivity contribution in [2.75, 3.05) is 39.6 Å². The number of aliphatic hydroxyl groups is 2. The molecular weight excluding hydrogens is 789 g/mol. The van der Waals surface area contributed by atoms with E-state index in [9.17, 15) is 39.9 Å². The Kier molecular flexibility index (Phi) is 14.5. The average molecular weight is 851 g/mol. The molecule has 1 unspecified atom stereocenters. The largest absolute Gasteiger partial charge is 0.507 e. The van der Waals surface area contributed by atoms with Crippen LogP contribution in [0.25, 0.3) is 10.8 Å². The number of ether oxygens (including phenoxy) is 4. The normalized spacial score (nSPS) is 32.4. The van der Waals surface area contributed by atoms with E-state index in [1.165, 1.54) is 59.4 Å². The van der Waals surface area contributed by atoms with Crippen LogP contribution in [0.5, 0.6) is 23.0 Å². The van der Waals surface area contributed by atoms with Crippen molar-refractivity contribution in [3.05, 3.63) is 52.8 Å². The third-order valence-electron chi connectivity index (χ3n) is 12.5. The number of esters is 1. The molecule has 4 aliphatic heterocycles. The molecule has 2 aromatic rings. The fraction of sp³-hybridized carbons (Fsp3) is 0.556. The molecule has 0 radical (unpaired) electrons. The van der Waals surface area contributed by atoms with Gasteiger partial charge in [-0.15, -0.1) is 0 Å². The number of carbonyl (C=O) groups is 3. The van der Waals surface area contributed by atoms with Crippen molar-refractivity contribution in [1.29, 1.82) is 0 Å². The van der Waals surface area contributed by atoms with Crippen molar-refractivity contribution < 1.29 is 58.9 Å². The Morgan fingerprint density at radius 2 is 1.69 bits per heavy atom. The van der Waals surface area contributed by atoms with E-state index in [0.29, 0.717) is 13.1 Å². The van der Waals surface area contributed by atoms with Crippen LogP contribution in [0.15, 0.2) is 41.2 Å². The number of methoxy groups -OCH3 is 1. The number of ketones is 1. The van der Waals surface area contributed by atoms with E-state index < -0.39 is 88.8 Å². The summed E-state index contributed by atoms with van der Waals surface area (Å²) in [6, 6.07) is 0.204. The molecule has 2 aromatic carbocycles. The second kappa shape index (κ2) is 18.8. The van der Waals surface area contributed by atoms with Crippen molar-refractivity contribution in [2.24, 2.45) is 28.8 Å². The van der Waals surface area contributed by atoms with Crippen molar-refractivity contribution >= 4 is 40.3 Å². The quantitative estimate of drug-likeness (QED) is 0.0997. The van der Waals surface area contributed by atoms with E-state index in [2.05, 4.69) is 15.3 Å². The Balaban J connectivity index is 1.71. The molecule has 10 atom stereocenters. The van der Waals surface area contributed by atoms with E-state index in [4.69, 9.17) is 18.9 Å². The maximum absolute atomic E-state index is 14.5. The van der Waals surface area contributed by atoms with Gasteiger partial charge in [0.1, 0.15) is 23.4 Å². The number of amides is 1. The Hall–Kier alpha value is -5.16. The Labute approximate surface area is 357 Å². The minimum absolute atomic E-state index is 0.0565. The summed E-state index contributed by atoms with van der Waals surface area (Å²) in [6.45, 7) is 13.7. The maximum atomic E-state index is 14.5. The van der Waals surface area contributed by atoms with Crippen molar-refractivity contribution in [1.82, 2.24) is 9.91 Å². The molecule has 334 valence electrons. The number of hydrogen-bond donors (Lipinski definition) is 6. The van der Waals surface area contributed by atoms with Gasteiger partial charge in [0, 0.05) is 73.7 Å². The Bertz CT molecular complexity index is 2130. The van der Waals surface area contributed by atoms with E-state index in [1.54, 1.807) is 39.8 Å². The van der Waals surface area contributed by atoms with Crippen LogP contribution >= 0.6 is 0 Å². The number of anilines is 1. The number of carbonyl (C=O) groups excluding carboxylic acids is 3. The Morgan fingerprint density at radius 1 is 1.00 bits per heavy atom. The van der Waals surface area contributed by atoms with E-state index >= 15 is 0 Å². The SMILES string of the molecule is CO[C@H]1/C=C/O[C@@]2(C)Oc3c(C)c(O)c4c(O)c(c(/C=N/N5CCCC(N(C)C)C5)c(O)c4c3C2=O)NC(=O)/C(C)=C\C=C\[C@@H](C)[C@H](O)[C@@H](C)[C@H](O)[C@@H](C)[C@H](OC(C)=O)[C@@H]1C. The smallest absolute Gasteiger partial charge is 0.312 e. The lowest BCUT2D eigenvalue weighted by Crippen LogP contribution is -2.46. The lowest BCUT2D eigenvalue weighted by Gasteiger charge is -2.38. The minimum Gasteiger partial charge on any atom is -0.507 e. The van der Waals surface area contributed by atoms with Gasteiger partial charge in [0.05, 0.1) is 59.5 Å². The first kappa shape index (κ1) is 46.9. The number of phenols is 3. The van der Waals surface area contributed by atoms with E-state index in [-0.39, 0.29) is 50.5 Å². The zero-order chi connectivity index (χ0) is 45.2. The van der Waals surface area contributed by atoms with Crippen LogP contribution in [0.4, 0.5) is 5.69 Å². The van der Waals surface area contributed by atoms with Gasteiger partial charge < -0.3 is 54.7 Å². The van der Waals surface area contributed by atoms with Crippen molar-refractivity contribution in [3.8, 4) is 23.0 Å². The van der Waals surface area contributed by atoms with Gasteiger partial charge in [-0.1, -0.05) is 45.9 Å². The summed E-state index contributed by atoms with van der Waals surface area (Å²) in [5, 5.41) is 67.3. The highest BCUT2D eigenvalue weighted by molar-refractivity contribution is 6.23. The second-order valence-electron chi connectivity index (χ2n) is 17.0. The minimum atomic E-state index is -2.05. The summed E-state index contributed by atoms with van der Waals surface area (Å²) in [6.07, 6.45) is 6.70. The molecule has 16 nitrogen and oxygen atoms in total. The highest BCUT2D eigenvalue weighted by atomic mass is 16.7. The summed E-state index contributed by atoms with van der Waals surface area (Å²) >= 11 is 0. The molecule has 4 heterocycles. The second-order valence-corrected chi connectivity index (χ2v) is 17.0. The fourth-order valence-electron chi connectivity index (χ4n) is 8.47. The molecule has 0 aliphatic carbocycles. The summed E-state index contributed by atoms with van der Waals surface area (Å²) in [7, 11) is 5.40. The summed E-state index contributed by atoms with van der Waals surface area (Å²) in [4.78, 5) is 42.8. The zero-order valence-corrected chi connectivity index (χ0v) is 36.9. The maximum Gasteiger partial charge on any atom is 0.312 e. The van der Waals surface area contributed by atoms with E-state index in [0.717, 1.165) is 12.8 Å². The van der Waals surface area contributed by atoms with Crippen molar-refractivity contribution in [2.45, 2.75) is 104 Å². The molecule has 5 bridgehead atoms. The number of piperidine rings is 1. The highest BCUT2D eigenvalue weighted by Gasteiger charge is 2.50. The zero-order valence-electron chi connectivity index (χ0n) is 36.9. The van der Waals surface area contributed by atoms with Crippen LogP contribution in [0.1, 0.15) is 82.8 Å². The highest BCUT2D eigenvalue weighted by Crippen LogP contribution is 2.55. The summed E-state index contributed by atoms with van der Waals surface area (Å²) in [5.74, 6) is -8.35. The molecule has 6 rings (SSSR count). The van der Waals surface area contributed by atoms with Gasteiger partial charge in [-0.25, -0.2) is 0 Å². The van der Waals surface area contributed by atoms with Crippen LogP contribution in [-0.2, 0) is 23.8 Å². The molecule has 61 heavy (non-hydrogen) atoms. The van der Waals surface area contributed by atoms with Crippen LogP contribution < -0.4 is 10.1 Å².